The zero-order chi connectivity index (χ0) is 24.8. The first-order valence-corrected chi connectivity index (χ1v) is 13.3. The van der Waals surface area contributed by atoms with E-state index in [-0.39, 0.29) is 0 Å². The summed E-state index contributed by atoms with van der Waals surface area (Å²) in [6.45, 7) is 0. The van der Waals surface area contributed by atoms with Crippen LogP contribution in [-0.2, 0) is 0 Å². The summed E-state index contributed by atoms with van der Waals surface area (Å²) < 4.78 is 0. The predicted molar refractivity (Wildman–Crippen MR) is 165 cm³/mol. The van der Waals surface area contributed by atoms with Gasteiger partial charge in [-0.25, -0.2) is 0 Å². The molecule has 0 amide bonds. The van der Waals surface area contributed by atoms with Gasteiger partial charge in [-0.1, -0.05) is 133 Å². The molecule has 9 aromatic carbocycles. The third-order valence-electron chi connectivity index (χ3n) is 8.55. The molecular weight excluding hydrogens is 456 g/mol. The van der Waals surface area contributed by atoms with Crippen molar-refractivity contribution in [3.8, 4) is 22.3 Å². The number of hydrogen-bond donors (Lipinski definition) is 0. The third-order valence-corrected chi connectivity index (χ3v) is 8.55. The lowest BCUT2D eigenvalue weighted by Gasteiger charge is -2.12. The van der Waals surface area contributed by atoms with E-state index in [1.54, 1.807) is 0 Å². The van der Waals surface area contributed by atoms with Gasteiger partial charge in [0.2, 0.25) is 0 Å². The molecule has 0 N–H and O–H groups in total. The van der Waals surface area contributed by atoms with E-state index in [9.17, 15) is 0 Å². The Hall–Kier alpha value is -4.94. The van der Waals surface area contributed by atoms with E-state index in [0.29, 0.717) is 0 Å². The van der Waals surface area contributed by atoms with Crippen molar-refractivity contribution in [1.29, 1.82) is 0 Å². The zero-order valence-corrected chi connectivity index (χ0v) is 20.7. The fourth-order valence-electron chi connectivity index (χ4n) is 7.11. The lowest BCUT2D eigenvalue weighted by molar-refractivity contribution is 1.67. The fraction of sp³-hybridized carbons (Fsp3) is 0. The summed E-state index contributed by atoms with van der Waals surface area (Å²) in [4.78, 5) is 0. The van der Waals surface area contributed by atoms with Crippen LogP contribution in [0.3, 0.4) is 0 Å². The maximum atomic E-state index is 2.38. The molecule has 0 radical (unpaired) electrons. The molecule has 0 saturated carbocycles. The Balaban J connectivity index is 1.62. The first kappa shape index (κ1) is 20.2. The maximum Gasteiger partial charge on any atom is -0.000696 e. The van der Waals surface area contributed by atoms with Crippen LogP contribution in [0.2, 0.25) is 0 Å². The molecule has 9 aromatic rings. The van der Waals surface area contributed by atoms with Gasteiger partial charge in [-0.15, -0.1) is 0 Å². The Morgan fingerprint density at radius 1 is 0.237 bits per heavy atom. The van der Waals surface area contributed by atoms with Gasteiger partial charge >= 0.3 is 0 Å². The van der Waals surface area contributed by atoms with E-state index in [0.717, 1.165) is 0 Å². The van der Waals surface area contributed by atoms with Crippen LogP contribution in [0.5, 0.6) is 0 Å². The zero-order valence-electron chi connectivity index (χ0n) is 20.7. The molecule has 0 nitrogen and oxygen atoms in total. The van der Waals surface area contributed by atoms with E-state index < -0.39 is 0 Å². The molecule has 9 rings (SSSR count). The van der Waals surface area contributed by atoms with Crippen LogP contribution in [0.15, 0.2) is 133 Å². The van der Waals surface area contributed by atoms with E-state index in [1.807, 2.05) is 0 Å². The van der Waals surface area contributed by atoms with Crippen LogP contribution in [0, 0.1) is 0 Å². The molecule has 0 atom stereocenters. The Morgan fingerprint density at radius 3 is 1.55 bits per heavy atom. The van der Waals surface area contributed by atoms with Crippen LogP contribution >= 0.6 is 0 Å². The van der Waals surface area contributed by atoms with E-state index in [2.05, 4.69) is 133 Å². The fourth-order valence-corrected chi connectivity index (χ4v) is 7.11. The van der Waals surface area contributed by atoms with Crippen LogP contribution in [0.1, 0.15) is 0 Å². The molecule has 0 bridgehead atoms. The maximum absolute atomic E-state index is 2.38. The lowest BCUT2D eigenvalue weighted by atomic mass is 9.90. The van der Waals surface area contributed by atoms with Crippen LogP contribution < -0.4 is 0 Å². The molecule has 0 spiro atoms. The van der Waals surface area contributed by atoms with E-state index in [4.69, 9.17) is 0 Å². The second kappa shape index (κ2) is 7.31. The highest BCUT2D eigenvalue weighted by Gasteiger charge is 2.24. The summed E-state index contributed by atoms with van der Waals surface area (Å²) in [5.41, 5.74) is 5.18. The second-order valence-electron chi connectivity index (χ2n) is 10.4. The van der Waals surface area contributed by atoms with Gasteiger partial charge in [-0.3, -0.25) is 0 Å². The Bertz CT molecular complexity index is 2310. The number of benzene rings is 7. The highest BCUT2D eigenvalue weighted by Crippen LogP contribution is 2.53. The lowest BCUT2D eigenvalue weighted by Crippen LogP contribution is -1.84. The van der Waals surface area contributed by atoms with Crippen molar-refractivity contribution < 1.29 is 0 Å². The Labute approximate surface area is 220 Å². The van der Waals surface area contributed by atoms with Gasteiger partial charge in [0, 0.05) is 0 Å². The predicted octanol–water partition coefficient (Wildman–Crippen LogP) is 10.8. The molecular formula is C38H22. The minimum Gasteiger partial charge on any atom is -0.0622 e. The largest absolute Gasteiger partial charge is 0.0622 e. The standard InChI is InChI=1S/C38H22/c1-3-11-23(12-4-1)25-21-22-32-34-27(25)17-9-20-31(34)37-33(24-13-5-2-6-14-24)30-19-10-18-28-26-15-7-8-16-29(26)36(35(28)30)38(32)37/h1-22H. The Kier molecular flexibility index (Phi) is 3.88. The van der Waals surface area contributed by atoms with Gasteiger partial charge in [0.05, 0.1) is 0 Å². The van der Waals surface area contributed by atoms with Crippen LogP contribution in [0.4, 0.5) is 0 Å². The molecule has 0 aliphatic rings. The molecule has 0 aliphatic heterocycles. The smallest absolute Gasteiger partial charge is 0.000696 e. The van der Waals surface area contributed by atoms with Crippen molar-refractivity contribution in [1.82, 2.24) is 0 Å². The summed E-state index contributed by atoms with van der Waals surface area (Å²) in [7, 11) is 0. The van der Waals surface area contributed by atoms with Crippen molar-refractivity contribution in [2.24, 2.45) is 0 Å². The van der Waals surface area contributed by atoms with Crippen molar-refractivity contribution in [3.05, 3.63) is 133 Å². The number of rotatable bonds is 2. The molecule has 38 heavy (non-hydrogen) atoms. The van der Waals surface area contributed by atoms with Gasteiger partial charge in [-0.05, 0) is 86.9 Å². The minimum absolute atomic E-state index is 1.26. The van der Waals surface area contributed by atoms with Crippen molar-refractivity contribution in [2.45, 2.75) is 0 Å². The number of fused-ring (bicyclic) bond motifs is 7. The van der Waals surface area contributed by atoms with Crippen LogP contribution in [-0.4, -0.2) is 0 Å². The molecule has 0 aliphatic carbocycles. The molecule has 0 heteroatoms. The summed E-state index contributed by atoms with van der Waals surface area (Å²) in [6, 6.07) is 49.2. The monoisotopic (exact) mass is 478 g/mol. The SMILES string of the molecule is c1ccc(-c2ccc3c4c2cccc4c2c(-c4ccccc4)c4cccc5c6ccccc6c(c45)c32)cc1. The van der Waals surface area contributed by atoms with Gasteiger partial charge < -0.3 is 0 Å². The van der Waals surface area contributed by atoms with Gasteiger partial charge in [0.1, 0.15) is 0 Å². The normalized spacial score (nSPS) is 12.2. The van der Waals surface area contributed by atoms with Crippen molar-refractivity contribution in [2.75, 3.05) is 0 Å². The molecule has 0 aromatic heterocycles. The summed E-state index contributed by atoms with van der Waals surface area (Å²) in [6.07, 6.45) is 0. The van der Waals surface area contributed by atoms with E-state index in [1.165, 1.54) is 86.9 Å². The summed E-state index contributed by atoms with van der Waals surface area (Å²) in [5, 5.41) is 16.3. The van der Waals surface area contributed by atoms with Crippen molar-refractivity contribution in [3.63, 3.8) is 0 Å². The molecule has 174 valence electrons. The second-order valence-corrected chi connectivity index (χ2v) is 10.4. The molecule has 0 fully saturated rings. The van der Waals surface area contributed by atoms with Crippen molar-refractivity contribution >= 4 is 64.6 Å². The van der Waals surface area contributed by atoms with Crippen LogP contribution in [0.25, 0.3) is 86.9 Å². The molecule has 0 unspecified atom stereocenters. The van der Waals surface area contributed by atoms with Gasteiger partial charge in [-0.2, -0.15) is 0 Å². The average Bonchev–Trinajstić information content (AvgIpc) is 3.50. The Morgan fingerprint density at radius 2 is 0.763 bits per heavy atom. The first-order valence-electron chi connectivity index (χ1n) is 13.3. The highest BCUT2D eigenvalue weighted by molar-refractivity contribution is 6.48. The molecule has 0 heterocycles. The first-order chi connectivity index (χ1) is 18.9. The molecule has 0 saturated heterocycles. The third kappa shape index (κ3) is 2.45. The summed E-state index contributed by atoms with van der Waals surface area (Å²) >= 11 is 0. The average molecular weight is 479 g/mol. The number of hydrogen-bond acceptors (Lipinski definition) is 0. The van der Waals surface area contributed by atoms with E-state index >= 15 is 0 Å². The van der Waals surface area contributed by atoms with Gasteiger partial charge in [0.25, 0.3) is 0 Å². The highest BCUT2D eigenvalue weighted by atomic mass is 14.3. The summed E-state index contributed by atoms with van der Waals surface area (Å²) in [5.74, 6) is 0. The quantitative estimate of drug-likeness (QED) is 0.232. The minimum atomic E-state index is 1.26. The van der Waals surface area contributed by atoms with Gasteiger partial charge in [0.15, 0.2) is 0 Å². The topological polar surface area (TPSA) is 0 Å².